The molecular formula is C10H14N2O. The summed E-state index contributed by atoms with van der Waals surface area (Å²) in [4.78, 5) is 6.45. The fraction of sp³-hybridized carbons (Fsp3) is 0.500. The van der Waals surface area contributed by atoms with Crippen molar-refractivity contribution in [1.29, 1.82) is 0 Å². The Bertz CT molecular complexity index is 279. The lowest BCUT2D eigenvalue weighted by Gasteiger charge is -2.26. The summed E-state index contributed by atoms with van der Waals surface area (Å²) in [6, 6.07) is 0. The Balaban J connectivity index is 1.91. The topological polar surface area (TPSA) is 29.3 Å². The molecule has 0 N–H and O–H groups in total. The van der Waals surface area contributed by atoms with Crippen molar-refractivity contribution >= 4 is 0 Å². The highest BCUT2D eigenvalue weighted by molar-refractivity contribution is 5.02. The van der Waals surface area contributed by atoms with Crippen LogP contribution in [0.15, 0.2) is 29.2 Å². The van der Waals surface area contributed by atoms with Crippen molar-refractivity contribution in [1.82, 2.24) is 9.88 Å². The molecule has 1 saturated heterocycles. The van der Waals surface area contributed by atoms with Crippen LogP contribution in [0, 0.1) is 0 Å². The van der Waals surface area contributed by atoms with E-state index in [-0.39, 0.29) is 0 Å². The fourth-order valence-corrected chi connectivity index (χ4v) is 1.71. The van der Waals surface area contributed by atoms with Gasteiger partial charge in [-0.15, -0.1) is 0 Å². The van der Waals surface area contributed by atoms with E-state index in [1.807, 2.05) is 0 Å². The van der Waals surface area contributed by atoms with E-state index in [0.717, 1.165) is 25.3 Å². The molecule has 3 nitrogen and oxygen atoms in total. The Morgan fingerprint density at radius 3 is 3.23 bits per heavy atom. The summed E-state index contributed by atoms with van der Waals surface area (Å²) in [6.45, 7) is 7.04. The molecular weight excluding hydrogens is 164 g/mol. The highest BCUT2D eigenvalue weighted by Crippen LogP contribution is 2.15. The number of oxazole rings is 1. The number of hydrogen-bond acceptors (Lipinski definition) is 3. The van der Waals surface area contributed by atoms with Crippen LogP contribution >= 0.6 is 0 Å². The summed E-state index contributed by atoms with van der Waals surface area (Å²) < 4.78 is 4.92. The van der Waals surface area contributed by atoms with Gasteiger partial charge in [-0.3, -0.25) is 4.90 Å². The Labute approximate surface area is 78.1 Å². The first-order chi connectivity index (χ1) is 6.34. The van der Waals surface area contributed by atoms with Crippen LogP contribution in [-0.2, 0) is 6.54 Å². The van der Waals surface area contributed by atoms with Crippen LogP contribution in [0.3, 0.4) is 0 Å². The molecule has 0 aliphatic carbocycles. The third-order valence-corrected chi connectivity index (χ3v) is 2.32. The molecule has 1 aromatic heterocycles. The van der Waals surface area contributed by atoms with E-state index in [0.29, 0.717) is 0 Å². The zero-order valence-electron chi connectivity index (χ0n) is 7.70. The van der Waals surface area contributed by atoms with Crippen LogP contribution in [0.1, 0.15) is 18.5 Å². The summed E-state index contributed by atoms with van der Waals surface area (Å²) >= 11 is 0. The quantitative estimate of drug-likeness (QED) is 0.647. The van der Waals surface area contributed by atoms with E-state index < -0.39 is 0 Å². The minimum absolute atomic E-state index is 0.884. The second-order valence-electron chi connectivity index (χ2n) is 3.54. The Morgan fingerprint density at radius 1 is 1.62 bits per heavy atom. The van der Waals surface area contributed by atoms with Crippen LogP contribution in [0.25, 0.3) is 0 Å². The smallest absolute Gasteiger partial charge is 0.180 e. The fourth-order valence-electron chi connectivity index (χ4n) is 1.71. The van der Waals surface area contributed by atoms with Crippen molar-refractivity contribution < 1.29 is 4.42 Å². The van der Waals surface area contributed by atoms with Crippen molar-refractivity contribution in [3.05, 3.63) is 30.5 Å². The van der Waals surface area contributed by atoms with Gasteiger partial charge in [-0.2, -0.15) is 0 Å². The largest absolute Gasteiger partial charge is 0.451 e. The zero-order valence-corrected chi connectivity index (χ0v) is 7.70. The van der Waals surface area contributed by atoms with Crippen molar-refractivity contribution in [3.8, 4) is 0 Å². The van der Waals surface area contributed by atoms with E-state index >= 15 is 0 Å². The average Bonchev–Trinajstić information content (AvgIpc) is 2.57. The van der Waals surface area contributed by atoms with E-state index in [2.05, 4.69) is 16.5 Å². The summed E-state index contributed by atoms with van der Waals surface area (Å²) in [7, 11) is 0. The number of hydrogen-bond donors (Lipinski definition) is 0. The minimum atomic E-state index is 0.884. The Kier molecular flexibility index (Phi) is 2.45. The van der Waals surface area contributed by atoms with Gasteiger partial charge in [0.25, 0.3) is 0 Å². The average molecular weight is 178 g/mol. The van der Waals surface area contributed by atoms with Crippen LogP contribution < -0.4 is 0 Å². The monoisotopic (exact) mass is 178 g/mol. The first-order valence-electron chi connectivity index (χ1n) is 4.60. The number of aromatic nitrogens is 1. The first kappa shape index (κ1) is 8.51. The predicted octanol–water partition coefficient (Wildman–Crippen LogP) is 1.83. The van der Waals surface area contributed by atoms with E-state index in [1.54, 1.807) is 6.26 Å². The first-order valence-corrected chi connectivity index (χ1v) is 4.60. The molecule has 0 bridgehead atoms. The normalized spacial score (nSPS) is 19.2. The molecule has 1 fully saturated rings. The maximum atomic E-state index is 4.92. The molecule has 0 amide bonds. The zero-order chi connectivity index (χ0) is 9.10. The van der Waals surface area contributed by atoms with E-state index in [9.17, 15) is 0 Å². The molecule has 0 aromatic carbocycles. The molecule has 2 heterocycles. The van der Waals surface area contributed by atoms with Gasteiger partial charge in [-0.25, -0.2) is 4.98 Å². The summed E-state index contributed by atoms with van der Waals surface area (Å²) in [5.74, 6) is 0. The Hall–Kier alpha value is -1.09. The van der Waals surface area contributed by atoms with Crippen LogP contribution in [0.2, 0.25) is 0 Å². The number of likely N-dealkylation sites (tertiary alicyclic amines) is 1. The highest BCUT2D eigenvalue weighted by Gasteiger charge is 2.13. The molecule has 1 aromatic rings. The van der Waals surface area contributed by atoms with Gasteiger partial charge < -0.3 is 4.42 Å². The van der Waals surface area contributed by atoms with Crippen LogP contribution in [-0.4, -0.2) is 23.0 Å². The number of rotatable bonds is 2. The lowest BCUT2D eigenvalue weighted by molar-refractivity contribution is 0.255. The second-order valence-corrected chi connectivity index (χ2v) is 3.54. The maximum absolute atomic E-state index is 4.92. The molecule has 0 radical (unpaired) electrons. The van der Waals surface area contributed by atoms with Gasteiger partial charge in [0, 0.05) is 13.1 Å². The molecule has 3 heteroatoms. The lowest BCUT2D eigenvalue weighted by Crippen LogP contribution is -2.30. The number of nitrogens with zero attached hydrogens (tertiary/aromatic N) is 2. The van der Waals surface area contributed by atoms with E-state index in [1.165, 1.54) is 24.8 Å². The van der Waals surface area contributed by atoms with Gasteiger partial charge in [-0.05, 0) is 19.4 Å². The van der Waals surface area contributed by atoms with Crippen LogP contribution in [0.4, 0.5) is 0 Å². The minimum Gasteiger partial charge on any atom is -0.451 e. The van der Waals surface area contributed by atoms with Gasteiger partial charge in [0.1, 0.15) is 6.26 Å². The van der Waals surface area contributed by atoms with Gasteiger partial charge in [-0.1, -0.05) is 12.2 Å². The molecule has 70 valence electrons. The van der Waals surface area contributed by atoms with Crippen LogP contribution in [0.5, 0.6) is 0 Å². The molecule has 0 spiro atoms. The third-order valence-electron chi connectivity index (χ3n) is 2.32. The molecule has 1 aliphatic heterocycles. The molecule has 0 atom stereocenters. The van der Waals surface area contributed by atoms with Gasteiger partial charge in [0.15, 0.2) is 6.39 Å². The molecule has 1 aliphatic rings. The highest BCUT2D eigenvalue weighted by atomic mass is 16.3. The molecule has 0 saturated carbocycles. The van der Waals surface area contributed by atoms with Gasteiger partial charge in [0.05, 0.1) is 5.69 Å². The molecule has 0 unspecified atom stereocenters. The summed E-state index contributed by atoms with van der Waals surface area (Å²) in [5.41, 5.74) is 2.34. The van der Waals surface area contributed by atoms with Gasteiger partial charge in [0.2, 0.25) is 0 Å². The molecule has 2 rings (SSSR count). The lowest BCUT2D eigenvalue weighted by atomic mass is 10.1. The van der Waals surface area contributed by atoms with Crippen molar-refractivity contribution in [2.24, 2.45) is 0 Å². The third kappa shape index (κ3) is 2.18. The summed E-state index contributed by atoms with van der Waals surface area (Å²) in [6.07, 6.45) is 5.58. The van der Waals surface area contributed by atoms with Gasteiger partial charge >= 0.3 is 0 Å². The standard InChI is InChI=1S/C10H14N2O/c1-9-3-2-4-12(5-9)6-10-7-13-8-11-10/h7-8H,1-6H2. The Morgan fingerprint density at radius 2 is 2.54 bits per heavy atom. The van der Waals surface area contributed by atoms with Crippen molar-refractivity contribution in [2.45, 2.75) is 19.4 Å². The van der Waals surface area contributed by atoms with Crippen molar-refractivity contribution in [3.63, 3.8) is 0 Å². The maximum Gasteiger partial charge on any atom is 0.180 e. The second kappa shape index (κ2) is 3.75. The summed E-state index contributed by atoms with van der Waals surface area (Å²) in [5, 5.41) is 0. The number of piperidine rings is 1. The molecule has 13 heavy (non-hydrogen) atoms. The predicted molar refractivity (Wildman–Crippen MR) is 50.2 cm³/mol. The van der Waals surface area contributed by atoms with E-state index in [4.69, 9.17) is 4.42 Å². The van der Waals surface area contributed by atoms with Crippen molar-refractivity contribution in [2.75, 3.05) is 13.1 Å². The SMILES string of the molecule is C=C1CCCN(Cc2cocn2)C1.